The van der Waals surface area contributed by atoms with Gasteiger partial charge < -0.3 is 16.0 Å². The fourth-order valence-corrected chi connectivity index (χ4v) is 3.72. The fraction of sp³-hybridized carbons (Fsp3) is 0.455. The first-order valence-corrected chi connectivity index (χ1v) is 11.2. The van der Waals surface area contributed by atoms with Gasteiger partial charge in [0.2, 0.25) is 5.95 Å². The first-order chi connectivity index (χ1) is 16.2. The SMILES string of the molecule is Cc1cc(F)c(NC(=O)Nc2ncc(N3CCN(CCCCCC(=N)N)CC3)c(=O)[nH]2)cc1F. The first-order valence-electron chi connectivity index (χ1n) is 11.2. The molecule has 0 aliphatic carbocycles. The van der Waals surface area contributed by atoms with E-state index in [2.05, 4.69) is 25.5 Å². The molecule has 1 fully saturated rings. The fourth-order valence-electron chi connectivity index (χ4n) is 3.72. The molecule has 6 N–H and O–H groups in total. The minimum atomic E-state index is -0.866. The number of nitrogens with zero attached hydrogens (tertiary/aromatic N) is 3. The van der Waals surface area contributed by atoms with Gasteiger partial charge in [0.15, 0.2) is 0 Å². The number of halogens is 2. The lowest BCUT2D eigenvalue weighted by atomic mass is 10.1. The molecule has 0 radical (unpaired) electrons. The Balaban J connectivity index is 1.49. The predicted molar refractivity (Wildman–Crippen MR) is 128 cm³/mol. The topological polar surface area (TPSA) is 143 Å². The van der Waals surface area contributed by atoms with Gasteiger partial charge in [-0.2, -0.15) is 0 Å². The van der Waals surface area contributed by atoms with Gasteiger partial charge in [0.1, 0.15) is 17.3 Å². The van der Waals surface area contributed by atoms with Crippen LogP contribution in [0.4, 0.5) is 30.9 Å². The van der Waals surface area contributed by atoms with Gasteiger partial charge in [0.25, 0.3) is 5.56 Å². The molecule has 1 aliphatic heterocycles. The van der Waals surface area contributed by atoms with Gasteiger partial charge in [-0.15, -0.1) is 0 Å². The Hall–Kier alpha value is -3.54. The van der Waals surface area contributed by atoms with Crippen LogP contribution >= 0.6 is 0 Å². The van der Waals surface area contributed by atoms with Crippen molar-refractivity contribution in [3.63, 3.8) is 0 Å². The van der Waals surface area contributed by atoms with Crippen molar-refractivity contribution in [3.05, 3.63) is 45.9 Å². The van der Waals surface area contributed by atoms with Gasteiger partial charge >= 0.3 is 6.03 Å². The number of hydrogen-bond acceptors (Lipinski definition) is 6. The van der Waals surface area contributed by atoms with Gasteiger partial charge in [0, 0.05) is 38.7 Å². The van der Waals surface area contributed by atoms with Crippen LogP contribution < -0.4 is 26.8 Å². The summed E-state index contributed by atoms with van der Waals surface area (Å²) in [6, 6.07) is 0.999. The molecule has 0 unspecified atom stereocenters. The molecule has 3 rings (SSSR count). The number of H-pyrrole nitrogens is 1. The van der Waals surface area contributed by atoms with E-state index in [0.717, 1.165) is 51.0 Å². The summed E-state index contributed by atoms with van der Waals surface area (Å²) in [5, 5.41) is 11.8. The zero-order chi connectivity index (χ0) is 24.7. The zero-order valence-corrected chi connectivity index (χ0v) is 19.1. The summed E-state index contributed by atoms with van der Waals surface area (Å²) in [6.45, 7) is 5.34. The Kier molecular flexibility index (Phi) is 8.52. The molecule has 10 nitrogen and oxygen atoms in total. The van der Waals surface area contributed by atoms with Crippen molar-refractivity contribution in [2.24, 2.45) is 5.73 Å². The number of piperazine rings is 1. The second kappa shape index (κ2) is 11.5. The summed E-state index contributed by atoms with van der Waals surface area (Å²) in [6.07, 6.45) is 5.01. The van der Waals surface area contributed by atoms with Crippen LogP contribution in [0.15, 0.2) is 23.1 Å². The molecule has 2 heterocycles. The minimum Gasteiger partial charge on any atom is -0.388 e. The van der Waals surface area contributed by atoms with Crippen molar-refractivity contribution in [3.8, 4) is 0 Å². The summed E-state index contributed by atoms with van der Waals surface area (Å²) in [7, 11) is 0. The number of nitrogens with one attached hydrogen (secondary N) is 4. The monoisotopic (exact) mass is 476 g/mol. The number of aromatic amines is 1. The van der Waals surface area contributed by atoms with Gasteiger partial charge in [-0.05, 0) is 37.9 Å². The molecule has 34 heavy (non-hydrogen) atoms. The van der Waals surface area contributed by atoms with E-state index in [9.17, 15) is 18.4 Å². The van der Waals surface area contributed by atoms with Crippen molar-refractivity contribution >= 4 is 29.2 Å². The smallest absolute Gasteiger partial charge is 0.326 e. The Morgan fingerprint density at radius 2 is 1.88 bits per heavy atom. The number of amidine groups is 1. The molecule has 12 heteroatoms. The summed E-state index contributed by atoms with van der Waals surface area (Å²) >= 11 is 0. The van der Waals surface area contributed by atoms with E-state index in [0.29, 0.717) is 25.2 Å². The van der Waals surface area contributed by atoms with Crippen molar-refractivity contribution in [1.29, 1.82) is 5.41 Å². The lowest BCUT2D eigenvalue weighted by Gasteiger charge is -2.35. The third-order valence-electron chi connectivity index (χ3n) is 5.64. The number of urea groups is 1. The molecule has 0 saturated carbocycles. The summed E-state index contributed by atoms with van der Waals surface area (Å²) < 4.78 is 27.5. The Labute approximate surface area is 196 Å². The van der Waals surface area contributed by atoms with Gasteiger partial charge in [-0.25, -0.2) is 18.6 Å². The summed E-state index contributed by atoms with van der Waals surface area (Å²) in [4.78, 5) is 35.5. The maximum absolute atomic E-state index is 13.9. The molecular formula is C22H30F2N8O2. The average molecular weight is 477 g/mol. The van der Waals surface area contributed by atoms with Gasteiger partial charge in [0.05, 0.1) is 17.7 Å². The highest BCUT2D eigenvalue weighted by atomic mass is 19.1. The van der Waals surface area contributed by atoms with Gasteiger partial charge in [-0.3, -0.25) is 25.4 Å². The number of aromatic nitrogens is 2. The Bertz CT molecular complexity index is 1080. The largest absolute Gasteiger partial charge is 0.388 e. The molecule has 2 amide bonds. The van der Waals surface area contributed by atoms with E-state index >= 15 is 0 Å². The standard InChI is InChI=1S/C22H30F2N8O2/c1-14-11-16(24)17(12-15(14)23)28-22(34)30-21-27-13-18(20(33)29-21)32-9-7-31(8-10-32)6-4-2-3-5-19(25)26/h11-13H,2-10H2,1H3,(H3,25,26)(H3,27,28,29,30,33,34). The molecule has 0 spiro atoms. The first kappa shape index (κ1) is 25.1. The number of anilines is 3. The second-order valence-electron chi connectivity index (χ2n) is 8.27. The molecule has 1 saturated heterocycles. The average Bonchev–Trinajstić information content (AvgIpc) is 2.78. The van der Waals surface area contributed by atoms with Crippen LogP contribution in [0.3, 0.4) is 0 Å². The Morgan fingerprint density at radius 1 is 1.15 bits per heavy atom. The van der Waals surface area contributed by atoms with E-state index in [1.165, 1.54) is 13.1 Å². The Morgan fingerprint density at radius 3 is 2.56 bits per heavy atom. The third kappa shape index (κ3) is 6.98. The summed E-state index contributed by atoms with van der Waals surface area (Å²) in [5.74, 6) is -1.31. The lowest BCUT2D eigenvalue weighted by molar-refractivity contribution is 0.252. The number of amides is 2. The van der Waals surface area contributed by atoms with E-state index < -0.39 is 23.2 Å². The van der Waals surface area contributed by atoms with Crippen LogP contribution in [-0.2, 0) is 0 Å². The molecular weight excluding hydrogens is 446 g/mol. The van der Waals surface area contributed by atoms with Crippen molar-refractivity contribution in [2.45, 2.75) is 32.6 Å². The molecule has 1 aromatic heterocycles. The number of aryl methyl sites for hydroxylation is 1. The number of carbonyl (C=O) groups excluding carboxylic acids is 1. The van der Waals surface area contributed by atoms with Crippen LogP contribution in [0.1, 0.15) is 31.2 Å². The molecule has 0 bridgehead atoms. The third-order valence-corrected chi connectivity index (χ3v) is 5.64. The summed E-state index contributed by atoms with van der Waals surface area (Å²) in [5.41, 5.74) is 5.16. The maximum atomic E-state index is 13.9. The highest BCUT2D eigenvalue weighted by Crippen LogP contribution is 2.19. The maximum Gasteiger partial charge on any atom is 0.326 e. The van der Waals surface area contributed by atoms with Crippen molar-refractivity contribution in [2.75, 3.05) is 48.3 Å². The number of carbonyl (C=O) groups is 1. The molecule has 1 aromatic carbocycles. The minimum absolute atomic E-state index is 0.108. The van der Waals surface area contributed by atoms with Crippen LogP contribution in [0.5, 0.6) is 0 Å². The van der Waals surface area contributed by atoms with E-state index in [-0.39, 0.29) is 23.0 Å². The van der Waals surface area contributed by atoms with Crippen LogP contribution in [0, 0.1) is 24.0 Å². The van der Waals surface area contributed by atoms with Crippen LogP contribution in [-0.4, -0.2) is 59.5 Å². The quantitative estimate of drug-likeness (QED) is 0.214. The second-order valence-corrected chi connectivity index (χ2v) is 8.27. The van der Waals surface area contributed by atoms with Crippen molar-refractivity contribution < 1.29 is 13.6 Å². The van der Waals surface area contributed by atoms with Crippen molar-refractivity contribution in [1.82, 2.24) is 14.9 Å². The number of unbranched alkanes of at least 4 members (excludes halogenated alkanes) is 2. The number of benzene rings is 1. The predicted octanol–water partition coefficient (Wildman–Crippen LogP) is 2.62. The molecule has 184 valence electrons. The van der Waals surface area contributed by atoms with Crippen LogP contribution in [0.25, 0.3) is 0 Å². The lowest BCUT2D eigenvalue weighted by Crippen LogP contribution is -2.48. The number of rotatable bonds is 9. The zero-order valence-electron chi connectivity index (χ0n) is 19.1. The van der Waals surface area contributed by atoms with Crippen LogP contribution in [0.2, 0.25) is 0 Å². The number of hydrogen-bond donors (Lipinski definition) is 5. The van der Waals surface area contributed by atoms with Gasteiger partial charge in [-0.1, -0.05) is 6.42 Å². The molecule has 0 atom stereocenters. The van der Waals surface area contributed by atoms with E-state index in [1.54, 1.807) is 0 Å². The number of nitrogens with two attached hydrogens (primary N) is 1. The van der Waals surface area contributed by atoms with E-state index in [4.69, 9.17) is 11.1 Å². The highest BCUT2D eigenvalue weighted by Gasteiger charge is 2.20. The highest BCUT2D eigenvalue weighted by molar-refractivity contribution is 5.98. The van der Waals surface area contributed by atoms with E-state index in [1.807, 2.05) is 4.90 Å². The molecule has 2 aromatic rings. The molecule has 1 aliphatic rings. The normalized spacial score (nSPS) is 14.1.